The second kappa shape index (κ2) is 8.09. The molecule has 0 aliphatic rings. The van der Waals surface area contributed by atoms with Crippen LogP contribution in [-0.4, -0.2) is 23.9 Å². The highest BCUT2D eigenvalue weighted by molar-refractivity contribution is 5.79. The molecule has 4 nitrogen and oxygen atoms in total. The molecule has 10 heteroatoms. The minimum Gasteiger partial charge on any atom is -0.321 e. The highest BCUT2D eigenvalue weighted by atomic mass is 19.4. The number of alkyl halides is 6. The minimum atomic E-state index is -5.88. The fourth-order valence-corrected chi connectivity index (χ4v) is 2.31. The van der Waals surface area contributed by atoms with Crippen LogP contribution >= 0.6 is 0 Å². The van der Waals surface area contributed by atoms with Crippen LogP contribution in [0.2, 0.25) is 0 Å². The maximum absolute atomic E-state index is 13.5. The number of carbonyl (C=O) groups excluding carboxylic acids is 1. The zero-order valence-electron chi connectivity index (χ0n) is 14.6. The maximum atomic E-state index is 13.5. The van der Waals surface area contributed by atoms with E-state index in [-0.39, 0.29) is 11.3 Å². The van der Waals surface area contributed by atoms with Crippen LogP contribution in [0, 0.1) is 6.92 Å². The minimum absolute atomic E-state index is 0.0409. The van der Waals surface area contributed by atoms with Gasteiger partial charge in [0.05, 0.1) is 6.42 Å². The fraction of sp³-hybridized carbons (Fsp3) is 0.278. The Balaban J connectivity index is 2.29. The Morgan fingerprint density at radius 3 is 1.89 bits per heavy atom. The summed E-state index contributed by atoms with van der Waals surface area (Å²) < 4.78 is 81.0. The molecule has 0 aliphatic carbocycles. The van der Waals surface area contributed by atoms with Gasteiger partial charge in [0, 0.05) is 5.69 Å². The van der Waals surface area contributed by atoms with E-state index in [1.165, 1.54) is 54.0 Å². The van der Waals surface area contributed by atoms with Crippen LogP contribution in [0.25, 0.3) is 0 Å². The highest BCUT2D eigenvalue weighted by Gasteiger charge is 2.72. The number of amides is 1. The number of benzene rings is 2. The van der Waals surface area contributed by atoms with Gasteiger partial charge in [-0.05, 0) is 24.6 Å². The van der Waals surface area contributed by atoms with E-state index in [1.54, 1.807) is 13.0 Å². The monoisotopic (exact) mass is 405 g/mol. The molecule has 0 heterocycles. The smallest absolute Gasteiger partial charge is 0.321 e. The third kappa shape index (κ3) is 4.94. The summed E-state index contributed by atoms with van der Waals surface area (Å²) in [5.41, 5.74) is -0.569. The number of aryl methyl sites for hydroxylation is 1. The summed E-state index contributed by atoms with van der Waals surface area (Å²) in [7, 11) is 0. The summed E-state index contributed by atoms with van der Waals surface area (Å²) in [6.45, 7) is 1.71. The lowest BCUT2D eigenvalue weighted by molar-refractivity contribution is -0.314. The van der Waals surface area contributed by atoms with Crippen molar-refractivity contribution < 1.29 is 31.1 Å². The number of rotatable bonds is 6. The van der Waals surface area contributed by atoms with Gasteiger partial charge in [0.2, 0.25) is 5.91 Å². The van der Waals surface area contributed by atoms with Crippen LogP contribution < -0.4 is 16.2 Å². The quantitative estimate of drug-likeness (QED) is 0.386. The zero-order chi connectivity index (χ0) is 21.0. The summed E-state index contributed by atoms with van der Waals surface area (Å²) in [5.74, 6) is -1.45. The van der Waals surface area contributed by atoms with E-state index >= 15 is 0 Å². The van der Waals surface area contributed by atoms with Crippen molar-refractivity contribution in [3.8, 4) is 0 Å². The third-order valence-corrected chi connectivity index (χ3v) is 3.83. The van der Waals surface area contributed by atoms with Gasteiger partial charge in [0.1, 0.15) is 0 Å². The molecule has 3 N–H and O–H groups in total. The molecule has 0 bridgehead atoms. The highest BCUT2D eigenvalue weighted by Crippen LogP contribution is 2.41. The largest absolute Gasteiger partial charge is 0.436 e. The molecule has 0 spiro atoms. The van der Waals surface area contributed by atoms with E-state index in [0.717, 1.165) is 10.9 Å². The molecule has 0 radical (unpaired) electrons. The Labute approximate surface area is 156 Å². The van der Waals surface area contributed by atoms with Gasteiger partial charge in [0.15, 0.2) is 0 Å². The Bertz CT molecular complexity index is 774. The molecular weight excluding hydrogens is 388 g/mol. The first-order valence-corrected chi connectivity index (χ1v) is 8.03. The van der Waals surface area contributed by atoms with E-state index < -0.39 is 30.3 Å². The molecule has 2 rings (SSSR count). The van der Waals surface area contributed by atoms with Crippen molar-refractivity contribution in [3.63, 3.8) is 0 Å². The van der Waals surface area contributed by atoms with Gasteiger partial charge in [-0.3, -0.25) is 4.79 Å². The Hall–Kier alpha value is -2.75. The summed E-state index contributed by atoms with van der Waals surface area (Å²) in [6.07, 6.45) is -12.4. The maximum Gasteiger partial charge on any atom is 0.436 e. The van der Waals surface area contributed by atoms with Crippen LogP contribution in [0.5, 0.6) is 0 Å². The van der Waals surface area contributed by atoms with Gasteiger partial charge >= 0.3 is 18.0 Å². The van der Waals surface area contributed by atoms with Crippen LogP contribution in [0.15, 0.2) is 54.6 Å². The molecule has 1 amide bonds. The van der Waals surface area contributed by atoms with E-state index in [2.05, 4.69) is 0 Å². The standard InChI is InChI=1S/C18H17F6N3O/c1-12-7-9-14(10-8-12)26-27-16(17(19,20)21,18(22,23)24)25-15(28)11-13-5-3-2-4-6-13/h2-10,26-27H,11H2,1H3,(H,25,28). The SMILES string of the molecule is Cc1ccc(NNC(NC(=O)Cc2ccccc2)(C(F)(F)F)C(F)(F)F)cc1. The predicted molar refractivity (Wildman–Crippen MR) is 91.1 cm³/mol. The lowest BCUT2D eigenvalue weighted by Gasteiger charge is -2.38. The van der Waals surface area contributed by atoms with Gasteiger partial charge in [-0.1, -0.05) is 48.0 Å². The molecule has 0 saturated heterocycles. The van der Waals surface area contributed by atoms with E-state index in [4.69, 9.17) is 0 Å². The number of hydrogen-bond donors (Lipinski definition) is 3. The Kier molecular flexibility index (Phi) is 6.23. The molecular formula is C18H17F6N3O. The zero-order valence-corrected chi connectivity index (χ0v) is 14.6. The number of halogens is 6. The lowest BCUT2D eigenvalue weighted by atomic mass is 10.1. The van der Waals surface area contributed by atoms with Crippen LogP contribution in [0.1, 0.15) is 11.1 Å². The predicted octanol–water partition coefficient (Wildman–Crippen LogP) is 4.09. The van der Waals surface area contributed by atoms with Crippen molar-refractivity contribution in [2.75, 3.05) is 5.43 Å². The molecule has 0 aromatic heterocycles. The number of anilines is 1. The average molecular weight is 405 g/mol. The molecule has 0 saturated carbocycles. The molecule has 28 heavy (non-hydrogen) atoms. The first-order valence-electron chi connectivity index (χ1n) is 8.03. The van der Waals surface area contributed by atoms with Crippen molar-refractivity contribution in [2.45, 2.75) is 31.4 Å². The van der Waals surface area contributed by atoms with Crippen molar-refractivity contribution in [1.29, 1.82) is 0 Å². The van der Waals surface area contributed by atoms with Gasteiger partial charge < -0.3 is 10.7 Å². The molecule has 0 fully saturated rings. The lowest BCUT2D eigenvalue weighted by Crippen LogP contribution is -2.76. The summed E-state index contributed by atoms with van der Waals surface area (Å²) in [6, 6.07) is 13.1. The third-order valence-electron chi connectivity index (χ3n) is 3.83. The first kappa shape index (κ1) is 21.5. The molecule has 152 valence electrons. The number of hydrogen-bond acceptors (Lipinski definition) is 3. The van der Waals surface area contributed by atoms with Crippen molar-refractivity contribution >= 4 is 11.6 Å². The van der Waals surface area contributed by atoms with Crippen LogP contribution in [-0.2, 0) is 11.2 Å². The first-order chi connectivity index (χ1) is 12.9. The van der Waals surface area contributed by atoms with Gasteiger partial charge in [0.25, 0.3) is 0 Å². The topological polar surface area (TPSA) is 53.2 Å². The molecule has 0 unspecified atom stereocenters. The summed E-state index contributed by atoms with van der Waals surface area (Å²) >= 11 is 0. The normalized spacial score (nSPS) is 12.5. The Morgan fingerprint density at radius 2 is 1.39 bits per heavy atom. The number of carbonyl (C=O) groups is 1. The molecule has 0 atom stereocenters. The van der Waals surface area contributed by atoms with Gasteiger partial charge in [-0.2, -0.15) is 31.8 Å². The Morgan fingerprint density at radius 1 is 0.857 bits per heavy atom. The number of nitrogens with one attached hydrogen (secondary N) is 3. The molecule has 2 aromatic carbocycles. The second-order valence-corrected chi connectivity index (χ2v) is 6.07. The van der Waals surface area contributed by atoms with Gasteiger partial charge in [-0.15, -0.1) is 0 Å². The number of hydrazine groups is 1. The average Bonchev–Trinajstić information content (AvgIpc) is 2.58. The summed E-state index contributed by atoms with van der Waals surface area (Å²) in [4.78, 5) is 12.0. The van der Waals surface area contributed by atoms with Crippen molar-refractivity contribution in [1.82, 2.24) is 10.7 Å². The van der Waals surface area contributed by atoms with Crippen molar-refractivity contribution in [2.24, 2.45) is 0 Å². The van der Waals surface area contributed by atoms with Gasteiger partial charge in [-0.25, -0.2) is 0 Å². The fourth-order valence-electron chi connectivity index (χ4n) is 2.31. The summed E-state index contributed by atoms with van der Waals surface area (Å²) in [5, 5.41) is 1.08. The van der Waals surface area contributed by atoms with Crippen LogP contribution in [0.4, 0.5) is 32.0 Å². The van der Waals surface area contributed by atoms with Crippen molar-refractivity contribution in [3.05, 3.63) is 65.7 Å². The van der Waals surface area contributed by atoms with E-state index in [9.17, 15) is 31.1 Å². The van der Waals surface area contributed by atoms with Crippen LogP contribution in [0.3, 0.4) is 0 Å². The molecule has 0 aliphatic heterocycles. The van der Waals surface area contributed by atoms with E-state index in [0.29, 0.717) is 0 Å². The van der Waals surface area contributed by atoms with E-state index in [1.807, 2.05) is 5.43 Å². The second-order valence-electron chi connectivity index (χ2n) is 6.07. The molecule has 2 aromatic rings.